The predicted octanol–water partition coefficient (Wildman–Crippen LogP) is 6.45. The van der Waals surface area contributed by atoms with Crippen LogP contribution in [0.1, 0.15) is 74.8 Å². The van der Waals surface area contributed by atoms with E-state index < -0.39 is 42.3 Å². The largest absolute Gasteiger partial charge is 0.493 e. The van der Waals surface area contributed by atoms with Crippen molar-refractivity contribution in [2.75, 3.05) is 19.8 Å². The number of benzene rings is 2. The van der Waals surface area contributed by atoms with E-state index in [4.69, 9.17) is 9.47 Å². The van der Waals surface area contributed by atoms with Gasteiger partial charge in [0, 0.05) is 24.9 Å². The summed E-state index contributed by atoms with van der Waals surface area (Å²) in [6, 6.07) is 10.7. The first-order valence-corrected chi connectivity index (χ1v) is 13.6. The van der Waals surface area contributed by atoms with E-state index in [1.54, 1.807) is 0 Å². The highest BCUT2D eigenvalue weighted by Crippen LogP contribution is 2.46. The fourth-order valence-corrected chi connectivity index (χ4v) is 5.28. The zero-order valence-electron chi connectivity index (χ0n) is 23.5. The summed E-state index contributed by atoms with van der Waals surface area (Å²) in [6.07, 6.45) is 0.407. The molecule has 2 amide bonds. The SMILES string of the molecule is CCOc1cc(C(C)N(CCCCc2ccccc2)C(=O)NC2(C(=O)O)CC(F)(F)C2)c(C)c(OCC)c1C. The van der Waals surface area contributed by atoms with Crippen LogP contribution in [0.4, 0.5) is 13.6 Å². The highest BCUT2D eigenvalue weighted by atomic mass is 19.3. The smallest absolute Gasteiger partial charge is 0.329 e. The van der Waals surface area contributed by atoms with Crippen molar-refractivity contribution in [2.24, 2.45) is 0 Å². The van der Waals surface area contributed by atoms with Crippen LogP contribution in [0.3, 0.4) is 0 Å². The third kappa shape index (κ3) is 6.99. The Morgan fingerprint density at radius 1 is 1.05 bits per heavy atom. The second-order valence-corrected chi connectivity index (χ2v) is 10.2. The Morgan fingerprint density at radius 2 is 1.69 bits per heavy atom. The van der Waals surface area contributed by atoms with Gasteiger partial charge in [-0.05, 0) is 76.6 Å². The number of halogens is 2. The fraction of sp³-hybridized carbons (Fsp3) is 0.533. The number of aryl methyl sites for hydroxylation is 1. The topological polar surface area (TPSA) is 88.1 Å². The standard InChI is InChI=1S/C30H40F2N2O5/c1-6-38-25-17-24(20(3)26(21(25)4)39-7-2)22(5)34(16-12-11-15-23-13-9-8-10-14-23)28(37)33-29(27(35)36)18-30(31,32)19-29/h8-10,13-14,17,22H,6-7,11-12,15-16,18-19H2,1-5H3,(H,33,37)(H,35,36). The molecule has 0 aliphatic heterocycles. The van der Waals surface area contributed by atoms with E-state index in [9.17, 15) is 23.5 Å². The lowest BCUT2D eigenvalue weighted by Gasteiger charge is -2.45. The zero-order chi connectivity index (χ0) is 28.8. The van der Waals surface area contributed by atoms with Gasteiger partial charge in [-0.1, -0.05) is 30.3 Å². The van der Waals surface area contributed by atoms with Crippen LogP contribution in [0, 0.1) is 13.8 Å². The first kappa shape index (κ1) is 30.2. The number of carboxylic acid groups (broad SMARTS) is 1. The summed E-state index contributed by atoms with van der Waals surface area (Å²) < 4.78 is 39.3. The van der Waals surface area contributed by atoms with Crippen molar-refractivity contribution in [2.45, 2.75) is 84.2 Å². The number of unbranched alkanes of at least 4 members (excludes halogenated alkanes) is 1. The van der Waals surface area contributed by atoms with Crippen LogP contribution in [0.5, 0.6) is 11.5 Å². The molecule has 1 fully saturated rings. The number of aliphatic carboxylic acids is 1. The maximum Gasteiger partial charge on any atom is 0.329 e. The second kappa shape index (κ2) is 12.7. The van der Waals surface area contributed by atoms with Gasteiger partial charge in [0.1, 0.15) is 11.5 Å². The van der Waals surface area contributed by atoms with Gasteiger partial charge in [0.2, 0.25) is 0 Å². The minimum atomic E-state index is -3.12. The molecule has 1 atom stereocenters. The molecule has 9 heteroatoms. The average molecular weight is 547 g/mol. The van der Waals surface area contributed by atoms with Crippen LogP contribution in [0.25, 0.3) is 0 Å². The number of nitrogens with one attached hydrogen (secondary N) is 1. The van der Waals surface area contributed by atoms with Gasteiger partial charge in [0.25, 0.3) is 5.92 Å². The number of urea groups is 1. The van der Waals surface area contributed by atoms with Gasteiger partial charge in [0.15, 0.2) is 5.54 Å². The summed E-state index contributed by atoms with van der Waals surface area (Å²) in [5, 5.41) is 12.2. The quantitative estimate of drug-likeness (QED) is 0.282. The molecule has 0 aromatic heterocycles. The van der Waals surface area contributed by atoms with E-state index in [2.05, 4.69) is 5.32 Å². The van der Waals surface area contributed by atoms with Crippen molar-refractivity contribution in [3.8, 4) is 11.5 Å². The molecule has 0 spiro atoms. The molecule has 2 aromatic rings. The number of alkyl halides is 2. The molecule has 2 aromatic carbocycles. The van der Waals surface area contributed by atoms with Gasteiger partial charge in [-0.25, -0.2) is 18.4 Å². The Kier molecular flexibility index (Phi) is 9.80. The van der Waals surface area contributed by atoms with E-state index in [-0.39, 0.29) is 0 Å². The van der Waals surface area contributed by atoms with Crippen LogP contribution >= 0.6 is 0 Å². The molecule has 1 unspecified atom stereocenters. The van der Waals surface area contributed by atoms with E-state index >= 15 is 0 Å². The molecule has 0 radical (unpaired) electrons. The summed E-state index contributed by atoms with van der Waals surface area (Å²) in [5.74, 6) is -3.26. The normalized spacial score (nSPS) is 16.1. The van der Waals surface area contributed by atoms with E-state index in [0.29, 0.717) is 37.7 Å². The Morgan fingerprint density at radius 3 is 2.26 bits per heavy atom. The molecule has 39 heavy (non-hydrogen) atoms. The average Bonchev–Trinajstić information content (AvgIpc) is 2.87. The molecule has 0 saturated heterocycles. The molecule has 2 N–H and O–H groups in total. The molecule has 0 heterocycles. The minimum Gasteiger partial charge on any atom is -0.493 e. The third-order valence-corrected chi connectivity index (χ3v) is 7.37. The lowest BCUT2D eigenvalue weighted by Crippen LogP contribution is -2.68. The summed E-state index contributed by atoms with van der Waals surface area (Å²) >= 11 is 0. The van der Waals surface area contributed by atoms with E-state index in [1.165, 1.54) is 10.5 Å². The van der Waals surface area contributed by atoms with Gasteiger partial charge in [-0.15, -0.1) is 0 Å². The van der Waals surface area contributed by atoms with Crippen molar-refractivity contribution in [3.63, 3.8) is 0 Å². The first-order valence-electron chi connectivity index (χ1n) is 13.6. The van der Waals surface area contributed by atoms with Crippen molar-refractivity contribution >= 4 is 12.0 Å². The van der Waals surface area contributed by atoms with Crippen LogP contribution in [-0.4, -0.2) is 53.2 Å². The maximum absolute atomic E-state index is 13.7. The summed E-state index contributed by atoms with van der Waals surface area (Å²) in [4.78, 5) is 27.1. The number of carbonyl (C=O) groups excluding carboxylic acids is 1. The Hall–Kier alpha value is -3.36. The van der Waals surface area contributed by atoms with E-state index in [0.717, 1.165) is 29.5 Å². The Balaban J connectivity index is 1.90. The molecule has 214 valence electrons. The number of hydrogen-bond donors (Lipinski definition) is 2. The minimum absolute atomic E-state index is 0.313. The van der Waals surface area contributed by atoms with Gasteiger partial charge in [0.05, 0.1) is 19.3 Å². The third-order valence-electron chi connectivity index (χ3n) is 7.37. The summed E-state index contributed by atoms with van der Waals surface area (Å²) in [5.41, 5.74) is 1.68. The molecular weight excluding hydrogens is 506 g/mol. The molecule has 1 aliphatic rings. The van der Waals surface area contributed by atoms with Gasteiger partial charge >= 0.3 is 12.0 Å². The van der Waals surface area contributed by atoms with Crippen LogP contribution in [-0.2, 0) is 11.2 Å². The van der Waals surface area contributed by atoms with Crippen LogP contribution < -0.4 is 14.8 Å². The molecule has 7 nitrogen and oxygen atoms in total. The number of amides is 2. The van der Waals surface area contributed by atoms with Crippen LogP contribution in [0.2, 0.25) is 0 Å². The Labute approximate surface area is 229 Å². The monoisotopic (exact) mass is 546 g/mol. The zero-order valence-corrected chi connectivity index (χ0v) is 23.5. The van der Waals surface area contributed by atoms with Crippen molar-refractivity contribution in [1.29, 1.82) is 0 Å². The lowest BCUT2D eigenvalue weighted by atomic mass is 9.73. The van der Waals surface area contributed by atoms with Crippen LogP contribution in [0.15, 0.2) is 36.4 Å². The molecule has 1 aliphatic carbocycles. The number of carboxylic acids is 1. The molecular formula is C30H40F2N2O5. The highest BCUT2D eigenvalue weighted by molar-refractivity contribution is 5.88. The van der Waals surface area contributed by atoms with Crippen molar-refractivity contribution in [3.05, 3.63) is 58.7 Å². The van der Waals surface area contributed by atoms with Crippen molar-refractivity contribution in [1.82, 2.24) is 10.2 Å². The fourth-order valence-electron chi connectivity index (χ4n) is 5.28. The first-order chi connectivity index (χ1) is 18.4. The summed E-state index contributed by atoms with van der Waals surface area (Å²) in [7, 11) is 0. The molecule has 1 saturated carbocycles. The second-order valence-electron chi connectivity index (χ2n) is 10.2. The number of hydrogen-bond acceptors (Lipinski definition) is 4. The van der Waals surface area contributed by atoms with Crippen molar-refractivity contribution < 1.29 is 33.0 Å². The van der Waals surface area contributed by atoms with E-state index in [1.807, 2.05) is 71.0 Å². The maximum atomic E-state index is 13.7. The molecule has 3 rings (SSSR count). The number of carbonyl (C=O) groups is 2. The number of rotatable bonds is 13. The number of nitrogens with zero attached hydrogens (tertiary/aromatic N) is 1. The predicted molar refractivity (Wildman–Crippen MR) is 146 cm³/mol. The highest BCUT2D eigenvalue weighted by Gasteiger charge is 2.62. The van der Waals surface area contributed by atoms with Gasteiger partial charge in [-0.2, -0.15) is 0 Å². The number of ether oxygens (including phenoxy) is 2. The van der Waals surface area contributed by atoms with Gasteiger partial charge < -0.3 is 24.8 Å². The van der Waals surface area contributed by atoms with Gasteiger partial charge in [-0.3, -0.25) is 0 Å². The Bertz CT molecular complexity index is 1150. The molecule has 0 bridgehead atoms. The summed E-state index contributed by atoms with van der Waals surface area (Å²) in [6.45, 7) is 10.7. The lowest BCUT2D eigenvalue weighted by molar-refractivity contribution is -0.175.